The zero-order chi connectivity index (χ0) is 23.8. The summed E-state index contributed by atoms with van der Waals surface area (Å²) in [6.45, 7) is 8.69. The Hall–Kier alpha value is -2.12. The molecule has 174 valence electrons. The van der Waals surface area contributed by atoms with Crippen molar-refractivity contribution in [3.8, 4) is 0 Å². The fraction of sp³-hybridized carbons (Fsp3) is 0.556. The molecule has 1 aromatic rings. The maximum absolute atomic E-state index is 11.8. The number of halogens is 3. The number of carboxylic acid groups (broad SMARTS) is 1. The van der Waals surface area contributed by atoms with Gasteiger partial charge in [-0.1, -0.05) is 11.8 Å². The first-order valence-corrected chi connectivity index (χ1v) is 10.8. The van der Waals surface area contributed by atoms with Crippen LogP contribution in [0.5, 0.6) is 0 Å². The summed E-state index contributed by atoms with van der Waals surface area (Å²) < 4.78 is 36.9. The van der Waals surface area contributed by atoms with Gasteiger partial charge in [-0.2, -0.15) is 13.2 Å². The van der Waals surface area contributed by atoms with Gasteiger partial charge in [0.1, 0.15) is 5.60 Å². The lowest BCUT2D eigenvalue weighted by molar-refractivity contribution is -0.192. The number of nitrogens with one attached hydrogen (secondary N) is 2. The first-order valence-electron chi connectivity index (χ1n) is 9.01. The molecule has 0 saturated carbocycles. The van der Waals surface area contributed by atoms with Crippen molar-refractivity contribution in [3.05, 3.63) is 16.6 Å². The van der Waals surface area contributed by atoms with Crippen LogP contribution in [0, 0.1) is 0 Å². The largest absolute Gasteiger partial charge is 0.490 e. The van der Waals surface area contributed by atoms with Crippen molar-refractivity contribution < 1.29 is 37.4 Å². The zero-order valence-electron chi connectivity index (χ0n) is 17.3. The zero-order valence-corrected chi connectivity index (χ0v) is 19.0. The molecule has 8 nitrogen and oxygen atoms in total. The molecule has 31 heavy (non-hydrogen) atoms. The van der Waals surface area contributed by atoms with E-state index in [1.807, 2.05) is 32.2 Å². The maximum atomic E-state index is 11.8. The number of carboxylic acids is 1. The SMILES string of the molecule is CC(=O)SC1CCNC/C1=C\c1csc(NC(=O)OC(C)(C)C)n1.O=C(O)C(F)(F)F. The molecule has 0 aromatic carbocycles. The number of hydrogen-bond donors (Lipinski definition) is 3. The molecule has 0 radical (unpaired) electrons. The van der Waals surface area contributed by atoms with Crippen molar-refractivity contribution in [1.29, 1.82) is 0 Å². The first-order chi connectivity index (χ1) is 14.2. The van der Waals surface area contributed by atoms with Crippen molar-refractivity contribution in [3.63, 3.8) is 0 Å². The molecular formula is C18H24F3N3O5S2. The molecule has 0 bridgehead atoms. The van der Waals surface area contributed by atoms with Crippen LogP contribution in [0.25, 0.3) is 6.08 Å². The summed E-state index contributed by atoms with van der Waals surface area (Å²) >= 11 is 2.71. The third kappa shape index (κ3) is 11.2. The molecule has 2 rings (SSSR count). The quantitative estimate of drug-likeness (QED) is 0.587. The van der Waals surface area contributed by atoms with E-state index in [2.05, 4.69) is 15.6 Å². The summed E-state index contributed by atoms with van der Waals surface area (Å²) in [5.74, 6) is -2.76. The van der Waals surface area contributed by atoms with Gasteiger partial charge in [0.15, 0.2) is 10.2 Å². The van der Waals surface area contributed by atoms with Gasteiger partial charge in [-0.05, 0) is 45.4 Å². The second-order valence-electron chi connectivity index (χ2n) is 7.29. The number of nitrogens with zero attached hydrogens (tertiary/aromatic N) is 1. The molecule has 13 heteroatoms. The number of ether oxygens (including phenoxy) is 1. The number of aromatic nitrogens is 1. The maximum Gasteiger partial charge on any atom is 0.490 e. The number of piperidine rings is 1. The average Bonchev–Trinajstić information content (AvgIpc) is 3.01. The van der Waals surface area contributed by atoms with Crippen LogP contribution in [0.3, 0.4) is 0 Å². The third-order valence-electron chi connectivity index (χ3n) is 3.34. The number of thioether (sulfide) groups is 1. The molecular weight excluding hydrogens is 459 g/mol. The highest BCUT2D eigenvalue weighted by Crippen LogP contribution is 2.28. The number of anilines is 1. The van der Waals surface area contributed by atoms with E-state index >= 15 is 0 Å². The van der Waals surface area contributed by atoms with Gasteiger partial charge in [-0.25, -0.2) is 14.6 Å². The third-order valence-corrected chi connectivity index (χ3v) is 5.27. The van der Waals surface area contributed by atoms with E-state index in [-0.39, 0.29) is 10.4 Å². The number of hydrogen-bond acceptors (Lipinski definition) is 8. The summed E-state index contributed by atoms with van der Waals surface area (Å²) in [7, 11) is 0. The van der Waals surface area contributed by atoms with Gasteiger partial charge in [0.05, 0.1) is 5.69 Å². The minimum atomic E-state index is -5.08. The van der Waals surface area contributed by atoms with Crippen LogP contribution in [-0.4, -0.2) is 57.4 Å². The van der Waals surface area contributed by atoms with Crippen molar-refractivity contribution in [2.24, 2.45) is 0 Å². The van der Waals surface area contributed by atoms with Crippen LogP contribution in [0.1, 0.15) is 39.8 Å². The number of carbonyl (C=O) groups excluding carboxylic acids is 2. The van der Waals surface area contributed by atoms with E-state index in [0.29, 0.717) is 5.13 Å². The summed E-state index contributed by atoms with van der Waals surface area (Å²) in [6, 6.07) is 0. The van der Waals surface area contributed by atoms with Crippen LogP contribution >= 0.6 is 23.1 Å². The fourth-order valence-electron chi connectivity index (χ4n) is 2.23. The standard InChI is InChI=1S/C16H23N3O3S2.C2HF3O2/c1-10(20)24-13-5-6-17-8-11(13)7-12-9-23-14(18-12)19-15(21)22-16(2,3)4;3-2(4,5)1(6)7/h7,9,13,17H,5-6,8H2,1-4H3,(H,18,19,21);(H,6,7)/b11-7+;. The number of carbonyl (C=O) groups is 3. The lowest BCUT2D eigenvalue weighted by Gasteiger charge is -2.24. The molecule has 1 atom stereocenters. The Morgan fingerprint density at radius 3 is 2.48 bits per heavy atom. The van der Waals surface area contributed by atoms with Crippen molar-refractivity contribution >= 4 is 51.5 Å². The number of amides is 1. The minimum absolute atomic E-state index is 0.123. The van der Waals surface area contributed by atoms with Crippen LogP contribution in [0.2, 0.25) is 0 Å². The van der Waals surface area contributed by atoms with Gasteiger partial charge >= 0.3 is 18.2 Å². The van der Waals surface area contributed by atoms with Gasteiger partial charge in [0, 0.05) is 24.1 Å². The van der Waals surface area contributed by atoms with Crippen LogP contribution in [0.4, 0.5) is 23.1 Å². The lowest BCUT2D eigenvalue weighted by Crippen LogP contribution is -2.32. The van der Waals surface area contributed by atoms with Gasteiger partial charge < -0.3 is 15.2 Å². The van der Waals surface area contributed by atoms with Crippen LogP contribution in [0.15, 0.2) is 11.0 Å². The Bertz CT molecular complexity index is 819. The fourth-order valence-corrected chi connectivity index (χ4v) is 3.83. The Balaban J connectivity index is 0.000000592. The van der Waals surface area contributed by atoms with Gasteiger partial charge in [-0.3, -0.25) is 10.1 Å². The molecule has 1 fully saturated rings. The summed E-state index contributed by atoms with van der Waals surface area (Å²) in [4.78, 5) is 36.4. The molecule has 2 heterocycles. The molecule has 0 spiro atoms. The molecule has 3 N–H and O–H groups in total. The number of alkyl halides is 3. The second-order valence-corrected chi connectivity index (χ2v) is 9.53. The number of aliphatic carboxylic acids is 1. The Morgan fingerprint density at radius 2 is 1.97 bits per heavy atom. The number of thiazole rings is 1. The van der Waals surface area contributed by atoms with E-state index in [4.69, 9.17) is 14.6 Å². The highest BCUT2D eigenvalue weighted by atomic mass is 32.2. The number of rotatable bonds is 3. The van der Waals surface area contributed by atoms with Gasteiger partial charge in [0.25, 0.3) is 0 Å². The molecule has 1 amide bonds. The predicted molar refractivity (Wildman–Crippen MR) is 113 cm³/mol. The molecule has 0 aliphatic carbocycles. The smallest absolute Gasteiger partial charge is 0.475 e. The monoisotopic (exact) mass is 483 g/mol. The molecule has 1 aliphatic rings. The van der Waals surface area contributed by atoms with E-state index < -0.39 is 23.8 Å². The first kappa shape index (κ1) is 26.9. The Kier molecular flexibility index (Phi) is 9.97. The van der Waals surface area contributed by atoms with Crippen molar-refractivity contribution in [2.45, 2.75) is 51.1 Å². The van der Waals surface area contributed by atoms with Crippen LogP contribution < -0.4 is 10.6 Å². The van der Waals surface area contributed by atoms with Crippen LogP contribution in [-0.2, 0) is 14.3 Å². The lowest BCUT2D eigenvalue weighted by atomic mass is 10.1. The minimum Gasteiger partial charge on any atom is -0.475 e. The summed E-state index contributed by atoms with van der Waals surface area (Å²) in [5.41, 5.74) is 1.38. The van der Waals surface area contributed by atoms with Gasteiger partial charge in [0.2, 0.25) is 0 Å². The second kappa shape index (κ2) is 11.5. The Morgan fingerprint density at radius 1 is 1.35 bits per heavy atom. The predicted octanol–water partition coefficient (Wildman–Crippen LogP) is 4.15. The topological polar surface area (TPSA) is 118 Å². The highest BCUT2D eigenvalue weighted by molar-refractivity contribution is 8.14. The van der Waals surface area contributed by atoms with E-state index in [9.17, 15) is 22.8 Å². The molecule has 1 aliphatic heterocycles. The Labute approximate surface area is 185 Å². The van der Waals surface area contributed by atoms with E-state index in [1.54, 1.807) is 6.92 Å². The highest BCUT2D eigenvalue weighted by Gasteiger charge is 2.38. The van der Waals surface area contributed by atoms with Crippen molar-refractivity contribution in [2.75, 3.05) is 18.4 Å². The summed E-state index contributed by atoms with van der Waals surface area (Å²) in [6.07, 6.45) is -2.69. The van der Waals surface area contributed by atoms with Crippen molar-refractivity contribution in [1.82, 2.24) is 10.3 Å². The molecule has 1 unspecified atom stereocenters. The van der Waals surface area contributed by atoms with E-state index in [0.717, 1.165) is 30.8 Å². The van der Waals surface area contributed by atoms with E-state index in [1.165, 1.54) is 23.1 Å². The normalized spacial score (nSPS) is 18.0. The molecule has 1 aromatic heterocycles. The molecule has 1 saturated heterocycles. The summed E-state index contributed by atoms with van der Waals surface area (Å²) in [5, 5.41) is 15.8. The van der Waals surface area contributed by atoms with Gasteiger partial charge in [-0.15, -0.1) is 11.3 Å². The average molecular weight is 484 g/mol.